The van der Waals surface area contributed by atoms with Crippen molar-refractivity contribution >= 4 is 32.8 Å². The maximum absolute atomic E-state index is 9.16. The molecule has 5 nitrogen and oxygen atoms in total. The van der Waals surface area contributed by atoms with Gasteiger partial charge in [-0.15, -0.1) is 0 Å². The van der Waals surface area contributed by atoms with E-state index in [-0.39, 0.29) is 49.2 Å². The molecule has 5 heteroatoms. The van der Waals surface area contributed by atoms with Crippen molar-refractivity contribution < 1.29 is 17.5 Å². The van der Waals surface area contributed by atoms with E-state index in [2.05, 4.69) is 276 Å². The quantitative estimate of drug-likeness (QED) is 0.123. The van der Waals surface area contributed by atoms with E-state index in [0.29, 0.717) is 17.1 Å². The Morgan fingerprint density at radius 3 is 1.68 bits per heavy atom. The lowest BCUT2D eigenvalue weighted by Gasteiger charge is -2.42. The van der Waals surface area contributed by atoms with Gasteiger partial charge in [0.15, 0.2) is 0 Å². The molecule has 0 radical (unpaired) electrons. The van der Waals surface area contributed by atoms with Crippen LogP contribution in [0.25, 0.3) is 106 Å². The molecule has 14 rings (SSSR count). The number of hydrogen-bond donors (Lipinski definition) is 0. The summed E-state index contributed by atoms with van der Waals surface area (Å²) in [5.74, 6) is 2.14. The van der Waals surface area contributed by atoms with E-state index < -0.39 is 13.7 Å². The first-order valence-electron chi connectivity index (χ1n) is 35.5. The monoisotopic (exact) mass is 1200 g/mol. The number of ether oxygens (including phenoxy) is 1. The smallest absolute Gasteiger partial charge is 0.269 e. The summed E-state index contributed by atoms with van der Waals surface area (Å²) >= 11 is 0. The summed E-state index contributed by atoms with van der Waals surface area (Å²) in [5, 5.41) is 2.22. The van der Waals surface area contributed by atoms with Crippen LogP contribution in [0.4, 0.5) is 0 Å². The first-order chi connectivity index (χ1) is 45.3. The lowest BCUT2D eigenvalue weighted by molar-refractivity contribution is -0.570. The third-order valence-electron chi connectivity index (χ3n) is 19.9. The molecule has 2 aliphatic rings. The molecule has 12 aromatic rings. The van der Waals surface area contributed by atoms with Crippen molar-refractivity contribution in [1.82, 2.24) is 14.1 Å². The molecule has 1 aliphatic carbocycles. The normalized spacial score (nSPS) is 15.8. The summed E-state index contributed by atoms with van der Waals surface area (Å²) < 4.78 is 68.8. The van der Waals surface area contributed by atoms with Gasteiger partial charge >= 0.3 is 0 Å². The fourth-order valence-corrected chi connectivity index (χ4v) is 14.3. The minimum Gasteiger partial charge on any atom is -0.458 e. The van der Waals surface area contributed by atoms with Crippen molar-refractivity contribution in [2.75, 3.05) is 0 Å². The van der Waals surface area contributed by atoms with E-state index in [4.69, 9.17) is 17.9 Å². The van der Waals surface area contributed by atoms with Crippen LogP contribution in [0, 0.1) is 20.0 Å². The van der Waals surface area contributed by atoms with Gasteiger partial charge in [-0.3, -0.25) is 13.7 Å². The standard InChI is InChI=1S/C86H88N4O/c1-52-25-23-26-53(2)78(52)55-41-67(54-39-57(82(6,7)8)43-58(40-54)83(9,10)11)79-70(42-55)69-50-73-72(85(15,16)36-37-86(73,17)18)49-68(69)63-29-19-20-30-64(63)71-44-59(84(12,13)14)45-76-80(71)89(79)51-88(76)60-27-24-28-61(47-60)91-62-33-34-66-65-31-21-22-32-74(65)90(75(66)48-62)77-46-56(35-38-87-77)81(3,4)5/h19-35,38-50H,36-37H2,1-18H3/i1D3,2D3. The second kappa shape index (κ2) is 20.9. The van der Waals surface area contributed by atoms with Gasteiger partial charge in [0.1, 0.15) is 17.3 Å². The van der Waals surface area contributed by atoms with Gasteiger partial charge in [0, 0.05) is 31.3 Å². The number of benzene rings is 9. The Bertz CT molecular complexity index is 5150. The van der Waals surface area contributed by atoms with Crippen molar-refractivity contribution in [1.29, 1.82) is 0 Å². The number of rotatable bonds is 6. The van der Waals surface area contributed by atoms with Crippen molar-refractivity contribution in [3.05, 3.63) is 233 Å². The summed E-state index contributed by atoms with van der Waals surface area (Å²) in [6, 6.07) is 61.6. The predicted molar refractivity (Wildman–Crippen MR) is 383 cm³/mol. The number of fused-ring (bicyclic) bond motifs is 11. The van der Waals surface area contributed by atoms with Crippen LogP contribution in [0.2, 0.25) is 0 Å². The van der Waals surface area contributed by atoms with E-state index in [1.165, 1.54) is 16.7 Å². The van der Waals surface area contributed by atoms with Crippen molar-refractivity contribution in [2.45, 2.75) is 170 Å². The fraction of sp³-hybridized carbons (Fsp3) is 0.302. The molecule has 4 heterocycles. The van der Waals surface area contributed by atoms with Crippen molar-refractivity contribution in [2.24, 2.45) is 0 Å². The van der Waals surface area contributed by atoms with Crippen LogP contribution in [-0.2, 0) is 32.5 Å². The molecule has 0 amide bonds. The van der Waals surface area contributed by atoms with Gasteiger partial charge in [-0.25, -0.2) is 4.98 Å². The maximum atomic E-state index is 9.16. The maximum Gasteiger partial charge on any atom is 0.269 e. The van der Waals surface area contributed by atoms with Crippen LogP contribution in [0.15, 0.2) is 182 Å². The number of hydrogen-bond acceptors (Lipinski definition) is 2. The molecule has 0 bridgehead atoms. The lowest BCUT2D eigenvalue weighted by atomic mass is 9.62. The number of aromatic nitrogens is 4. The summed E-state index contributed by atoms with van der Waals surface area (Å²) in [6.07, 6.45) is 8.01. The first kappa shape index (κ1) is 52.9. The highest BCUT2D eigenvalue weighted by molar-refractivity contribution is 6.10. The molecule has 458 valence electrons. The van der Waals surface area contributed by atoms with Crippen LogP contribution in [0.3, 0.4) is 0 Å². The van der Waals surface area contributed by atoms with Crippen LogP contribution < -0.4 is 9.30 Å². The predicted octanol–water partition coefficient (Wildman–Crippen LogP) is 22.8. The zero-order valence-corrected chi connectivity index (χ0v) is 55.9. The molecule has 1 aliphatic heterocycles. The van der Waals surface area contributed by atoms with Crippen LogP contribution in [0.1, 0.15) is 176 Å². The van der Waals surface area contributed by atoms with E-state index in [1.807, 2.05) is 18.3 Å². The molecule has 0 atom stereocenters. The Morgan fingerprint density at radius 1 is 0.462 bits per heavy atom. The van der Waals surface area contributed by atoms with E-state index in [1.54, 1.807) is 18.2 Å². The highest BCUT2D eigenvalue weighted by Gasteiger charge is 2.40. The van der Waals surface area contributed by atoms with Crippen molar-refractivity contribution in [3.63, 3.8) is 0 Å². The Kier molecular flexibility index (Phi) is 12.1. The van der Waals surface area contributed by atoms with Gasteiger partial charge in [-0.1, -0.05) is 208 Å². The largest absolute Gasteiger partial charge is 0.458 e. The SMILES string of the molecule is [2H]C([2H])([2H])c1cccc(C([2H])([2H])[2H])c1-c1cc(-c2cc(C(C)(C)C)cc(C(C)(C)C)c2)c2c(c1)-c1cc3c(cc1-c1ccccc1-c1cc(C(C)(C)C)cc4c1[n+]-2[c-]n4-c1cccc(Oc2ccc4c5ccccc5n(-c5cc(C(C)(C)C)ccn5)c4c2)c1)C(C)(C)CCC3(C)C. The van der Waals surface area contributed by atoms with Gasteiger partial charge in [0.05, 0.1) is 33.4 Å². The Hall–Kier alpha value is -8.80. The molecule has 9 aromatic carbocycles. The van der Waals surface area contributed by atoms with Gasteiger partial charge in [0.25, 0.3) is 6.33 Å². The molecule has 3 aromatic heterocycles. The summed E-state index contributed by atoms with van der Waals surface area (Å²) in [6.45, 7) is 31.1. The molecule has 0 saturated heterocycles. The average molecular weight is 1200 g/mol. The number of nitrogens with zero attached hydrogens (tertiary/aromatic N) is 4. The van der Waals surface area contributed by atoms with E-state index >= 15 is 0 Å². The Balaban J connectivity index is 1.12. The minimum absolute atomic E-state index is 0.0204. The molecular weight excluding hydrogens is 1100 g/mol. The van der Waals surface area contributed by atoms with Crippen molar-refractivity contribution in [3.8, 4) is 84.3 Å². The molecule has 0 N–H and O–H groups in total. The Morgan fingerprint density at radius 2 is 1.03 bits per heavy atom. The molecule has 0 saturated carbocycles. The molecule has 91 heavy (non-hydrogen) atoms. The molecule has 0 spiro atoms. The van der Waals surface area contributed by atoms with Gasteiger partial charge in [-0.2, -0.15) is 0 Å². The van der Waals surface area contributed by atoms with Gasteiger partial charge in [0.2, 0.25) is 0 Å². The number of imidazole rings is 1. The fourth-order valence-electron chi connectivity index (χ4n) is 14.3. The number of pyridine rings is 1. The molecule has 0 fully saturated rings. The third kappa shape index (κ3) is 10.2. The van der Waals surface area contributed by atoms with Crippen LogP contribution >= 0.6 is 0 Å². The zero-order valence-electron chi connectivity index (χ0n) is 61.9. The second-order valence-corrected chi connectivity index (χ2v) is 31.4. The molecule has 0 unspecified atom stereocenters. The number of para-hydroxylation sites is 1. The minimum atomic E-state index is -2.67. The average Bonchev–Trinajstić information content (AvgIpc) is 1.65. The molecular formula is C86H88N4O. The summed E-state index contributed by atoms with van der Waals surface area (Å²) in [7, 11) is 0. The van der Waals surface area contributed by atoms with Gasteiger partial charge < -0.3 is 4.74 Å². The van der Waals surface area contributed by atoms with Crippen LogP contribution in [0.5, 0.6) is 11.5 Å². The van der Waals surface area contributed by atoms with Gasteiger partial charge in [-0.05, 0) is 232 Å². The highest BCUT2D eigenvalue weighted by atomic mass is 16.5. The summed E-state index contributed by atoms with van der Waals surface area (Å²) in [4.78, 5) is 4.97. The van der Waals surface area contributed by atoms with E-state index in [0.717, 1.165) is 124 Å². The lowest BCUT2D eigenvalue weighted by Crippen LogP contribution is -2.34. The summed E-state index contributed by atoms with van der Waals surface area (Å²) in [5.41, 5.74) is 19.5. The Labute approximate surface area is 548 Å². The van der Waals surface area contributed by atoms with Crippen LogP contribution in [-0.4, -0.2) is 14.1 Å². The van der Waals surface area contributed by atoms with E-state index in [9.17, 15) is 0 Å². The zero-order chi connectivity index (χ0) is 69.2. The second-order valence-electron chi connectivity index (χ2n) is 31.4. The number of aryl methyl sites for hydroxylation is 2. The third-order valence-corrected chi connectivity index (χ3v) is 19.9. The first-order valence-corrected chi connectivity index (χ1v) is 32.5. The topological polar surface area (TPSA) is 35.9 Å². The highest BCUT2D eigenvalue weighted by Crippen LogP contribution is 2.54.